The highest BCUT2D eigenvalue weighted by molar-refractivity contribution is 14.0. The summed E-state index contributed by atoms with van der Waals surface area (Å²) >= 11 is 0. The summed E-state index contributed by atoms with van der Waals surface area (Å²) in [5.74, 6) is 0.617. The van der Waals surface area contributed by atoms with E-state index in [4.69, 9.17) is 10.5 Å². The van der Waals surface area contributed by atoms with E-state index in [0.717, 1.165) is 25.9 Å². The van der Waals surface area contributed by atoms with Gasteiger partial charge in [-0.3, -0.25) is 4.99 Å². The largest absolute Gasteiger partial charge is 0.444 e. The third kappa shape index (κ3) is 7.44. The minimum absolute atomic E-state index is 0. The van der Waals surface area contributed by atoms with Crippen molar-refractivity contribution in [3.63, 3.8) is 0 Å². The topological polar surface area (TPSA) is 71.2 Å². The van der Waals surface area contributed by atoms with Gasteiger partial charge in [-0.25, -0.2) is 4.79 Å². The van der Waals surface area contributed by atoms with Crippen molar-refractivity contribution >= 4 is 36.0 Å². The third-order valence-electron chi connectivity index (χ3n) is 4.16. The summed E-state index contributed by atoms with van der Waals surface area (Å²) in [5, 5.41) is 0. The first kappa shape index (κ1) is 21.3. The highest BCUT2D eigenvalue weighted by Crippen LogP contribution is 2.28. The van der Waals surface area contributed by atoms with Crippen LogP contribution in [0.3, 0.4) is 0 Å². The molecule has 0 bridgehead atoms. The zero-order valence-electron chi connectivity index (χ0n) is 15.3. The number of aliphatic imine (C=N–C) groups is 1. The smallest absolute Gasteiger partial charge is 0.410 e. The van der Waals surface area contributed by atoms with Crippen molar-refractivity contribution in [1.82, 2.24) is 9.80 Å². The number of carbonyl (C=O) groups is 1. The average Bonchev–Trinajstić information content (AvgIpc) is 3.27. The van der Waals surface area contributed by atoms with Gasteiger partial charge in [0.15, 0.2) is 5.96 Å². The molecule has 0 spiro atoms. The van der Waals surface area contributed by atoms with E-state index in [1.165, 1.54) is 25.7 Å². The average molecular weight is 452 g/mol. The number of hydrogen-bond donors (Lipinski definition) is 1. The van der Waals surface area contributed by atoms with Crippen molar-refractivity contribution in [2.75, 3.05) is 26.2 Å². The second-order valence-electron chi connectivity index (χ2n) is 7.55. The molecule has 6 nitrogen and oxygen atoms in total. The molecule has 1 saturated carbocycles. The summed E-state index contributed by atoms with van der Waals surface area (Å²) in [6, 6.07) is 0.319. The Labute approximate surface area is 163 Å². The van der Waals surface area contributed by atoms with Gasteiger partial charge in [0, 0.05) is 25.7 Å². The maximum absolute atomic E-state index is 12.3. The number of guanidine groups is 1. The van der Waals surface area contributed by atoms with Crippen molar-refractivity contribution < 1.29 is 9.53 Å². The molecule has 7 heteroatoms. The van der Waals surface area contributed by atoms with Crippen molar-refractivity contribution in [2.24, 2.45) is 10.7 Å². The fourth-order valence-corrected chi connectivity index (χ4v) is 2.80. The van der Waals surface area contributed by atoms with E-state index in [1.54, 1.807) is 0 Å². The molecule has 24 heavy (non-hydrogen) atoms. The lowest BCUT2D eigenvalue weighted by Crippen LogP contribution is -2.41. The SMILES string of the molecule is CC(C)(C)OC(=O)N(CCN=C(N)N1CCCCCC1)C1CC1.I. The molecule has 2 aliphatic rings. The summed E-state index contributed by atoms with van der Waals surface area (Å²) < 4.78 is 5.49. The number of carbonyl (C=O) groups excluding carboxylic acids is 1. The number of nitrogens with zero attached hydrogens (tertiary/aromatic N) is 3. The maximum atomic E-state index is 12.3. The van der Waals surface area contributed by atoms with Crippen LogP contribution in [0.4, 0.5) is 4.79 Å². The first-order valence-electron chi connectivity index (χ1n) is 8.91. The van der Waals surface area contributed by atoms with Gasteiger partial charge in [0.25, 0.3) is 0 Å². The molecule has 0 atom stereocenters. The van der Waals surface area contributed by atoms with Gasteiger partial charge in [-0.1, -0.05) is 12.8 Å². The molecule has 1 amide bonds. The Kier molecular flexibility index (Phi) is 8.59. The van der Waals surface area contributed by atoms with Gasteiger partial charge >= 0.3 is 6.09 Å². The Hall–Kier alpha value is -0.730. The molecule has 1 aliphatic carbocycles. The number of likely N-dealkylation sites (tertiary alicyclic amines) is 1. The molecule has 0 unspecified atom stereocenters. The van der Waals surface area contributed by atoms with Crippen LogP contribution >= 0.6 is 24.0 Å². The molecule has 0 aromatic carbocycles. The fraction of sp³-hybridized carbons (Fsp3) is 0.882. The first-order valence-corrected chi connectivity index (χ1v) is 8.91. The minimum Gasteiger partial charge on any atom is -0.444 e. The third-order valence-corrected chi connectivity index (χ3v) is 4.16. The quantitative estimate of drug-likeness (QED) is 0.404. The lowest BCUT2D eigenvalue weighted by Gasteiger charge is -2.27. The molecule has 0 radical (unpaired) electrons. The second-order valence-corrected chi connectivity index (χ2v) is 7.55. The van der Waals surface area contributed by atoms with Crippen LogP contribution in [0.1, 0.15) is 59.3 Å². The van der Waals surface area contributed by atoms with Gasteiger partial charge in [-0.2, -0.15) is 0 Å². The van der Waals surface area contributed by atoms with E-state index in [0.29, 0.717) is 25.1 Å². The van der Waals surface area contributed by atoms with Crippen LogP contribution < -0.4 is 5.73 Å². The van der Waals surface area contributed by atoms with Gasteiger partial charge in [0.2, 0.25) is 0 Å². The van der Waals surface area contributed by atoms with Crippen molar-refractivity contribution in [2.45, 2.75) is 70.9 Å². The lowest BCUT2D eigenvalue weighted by atomic mass is 10.2. The summed E-state index contributed by atoms with van der Waals surface area (Å²) in [6.07, 6.45) is 6.80. The summed E-state index contributed by atoms with van der Waals surface area (Å²) in [5.41, 5.74) is 5.66. The Morgan fingerprint density at radius 3 is 2.29 bits per heavy atom. The molecule has 1 heterocycles. The van der Waals surface area contributed by atoms with E-state index in [2.05, 4.69) is 9.89 Å². The monoisotopic (exact) mass is 452 g/mol. The number of rotatable bonds is 4. The molecule has 2 N–H and O–H groups in total. The predicted octanol–water partition coefficient (Wildman–Crippen LogP) is 3.19. The highest BCUT2D eigenvalue weighted by atomic mass is 127. The summed E-state index contributed by atoms with van der Waals surface area (Å²) in [4.78, 5) is 20.7. The Morgan fingerprint density at radius 1 is 1.21 bits per heavy atom. The van der Waals surface area contributed by atoms with Crippen LogP contribution in [-0.4, -0.2) is 59.7 Å². The second kappa shape index (κ2) is 9.68. The number of nitrogens with two attached hydrogens (primary N) is 1. The Morgan fingerprint density at radius 2 is 1.79 bits per heavy atom. The van der Waals surface area contributed by atoms with Crippen molar-refractivity contribution in [1.29, 1.82) is 0 Å². The Bertz CT molecular complexity index is 425. The van der Waals surface area contributed by atoms with Gasteiger partial charge in [-0.15, -0.1) is 24.0 Å². The van der Waals surface area contributed by atoms with Crippen LogP contribution in [-0.2, 0) is 4.74 Å². The lowest BCUT2D eigenvalue weighted by molar-refractivity contribution is 0.0240. The number of amides is 1. The predicted molar refractivity (Wildman–Crippen MR) is 108 cm³/mol. The van der Waals surface area contributed by atoms with E-state index >= 15 is 0 Å². The van der Waals surface area contributed by atoms with E-state index in [-0.39, 0.29) is 30.1 Å². The highest BCUT2D eigenvalue weighted by Gasteiger charge is 2.34. The number of ether oxygens (including phenoxy) is 1. The van der Waals surface area contributed by atoms with Crippen molar-refractivity contribution in [3.05, 3.63) is 0 Å². The standard InChI is InChI=1S/C17H32N4O2.HI/c1-17(2,3)23-16(22)21(14-8-9-14)13-10-19-15(18)20-11-6-4-5-7-12-20;/h14H,4-13H2,1-3H3,(H2,18,19);1H. The van der Waals surface area contributed by atoms with Crippen LogP contribution in [0.2, 0.25) is 0 Å². The van der Waals surface area contributed by atoms with E-state index < -0.39 is 5.60 Å². The molecule has 0 aromatic heterocycles. The first-order chi connectivity index (χ1) is 10.9. The Balaban J connectivity index is 0.00000288. The van der Waals surface area contributed by atoms with Crippen LogP contribution in [0, 0.1) is 0 Å². The molecule has 0 aromatic rings. The molecule has 1 aliphatic heterocycles. The molecule has 2 fully saturated rings. The number of hydrogen-bond acceptors (Lipinski definition) is 3. The fourth-order valence-electron chi connectivity index (χ4n) is 2.80. The zero-order valence-corrected chi connectivity index (χ0v) is 17.6. The zero-order chi connectivity index (χ0) is 16.9. The summed E-state index contributed by atoms with van der Waals surface area (Å²) in [7, 11) is 0. The van der Waals surface area contributed by atoms with Crippen molar-refractivity contribution in [3.8, 4) is 0 Å². The van der Waals surface area contributed by atoms with Gasteiger partial charge < -0.3 is 20.3 Å². The van der Waals surface area contributed by atoms with E-state index in [9.17, 15) is 4.79 Å². The van der Waals surface area contributed by atoms with Gasteiger partial charge in [-0.05, 0) is 46.5 Å². The molecular formula is C17H33IN4O2. The summed E-state index contributed by atoms with van der Waals surface area (Å²) in [6.45, 7) is 8.79. The maximum Gasteiger partial charge on any atom is 0.410 e. The van der Waals surface area contributed by atoms with Gasteiger partial charge in [0.05, 0.1) is 6.54 Å². The molecule has 2 rings (SSSR count). The van der Waals surface area contributed by atoms with Gasteiger partial charge in [0.1, 0.15) is 5.60 Å². The van der Waals surface area contributed by atoms with Crippen LogP contribution in [0.5, 0.6) is 0 Å². The van der Waals surface area contributed by atoms with Crippen LogP contribution in [0.15, 0.2) is 4.99 Å². The minimum atomic E-state index is -0.460. The normalized spacial score (nSPS) is 19.3. The molecule has 140 valence electrons. The molecule has 1 saturated heterocycles. The number of halogens is 1. The molecular weight excluding hydrogens is 419 g/mol. The van der Waals surface area contributed by atoms with E-state index in [1.807, 2.05) is 25.7 Å². The van der Waals surface area contributed by atoms with Crippen LogP contribution in [0.25, 0.3) is 0 Å².